The number of nitrogens with one attached hydrogen (secondary N) is 2. The van der Waals surface area contributed by atoms with E-state index in [1.165, 1.54) is 24.3 Å². The molecule has 0 aliphatic carbocycles. The number of ether oxygens (including phenoxy) is 1. The number of hydrogen-bond donors (Lipinski definition) is 2. The maximum absolute atomic E-state index is 12.0. The van der Waals surface area contributed by atoms with Gasteiger partial charge in [-0.15, -0.1) is 0 Å². The number of carbonyl (C=O) groups excluding carboxylic acids is 2. The summed E-state index contributed by atoms with van der Waals surface area (Å²) < 4.78 is 5.22. The summed E-state index contributed by atoms with van der Waals surface area (Å²) in [5.41, 5.74) is 2.54. The lowest BCUT2D eigenvalue weighted by molar-refractivity contribution is -0.384. The fourth-order valence-corrected chi connectivity index (χ4v) is 2.24. The predicted molar refractivity (Wildman–Crippen MR) is 96.1 cm³/mol. The maximum Gasteiger partial charge on any atom is 0.269 e. The second kappa shape index (κ2) is 8.61. The van der Waals surface area contributed by atoms with Crippen molar-refractivity contribution in [1.82, 2.24) is 5.32 Å². The fourth-order valence-electron chi connectivity index (χ4n) is 2.24. The van der Waals surface area contributed by atoms with E-state index in [4.69, 9.17) is 4.74 Å². The summed E-state index contributed by atoms with van der Waals surface area (Å²) >= 11 is 0. The van der Waals surface area contributed by atoms with Crippen molar-refractivity contribution >= 4 is 23.2 Å². The Kier molecular flexibility index (Phi) is 6.26. The van der Waals surface area contributed by atoms with Crippen LogP contribution in [0.3, 0.4) is 0 Å². The number of rotatable bonds is 7. The van der Waals surface area contributed by atoms with Gasteiger partial charge in [-0.1, -0.05) is 18.2 Å². The van der Waals surface area contributed by atoms with Gasteiger partial charge < -0.3 is 15.4 Å². The van der Waals surface area contributed by atoms with Gasteiger partial charge in [-0.25, -0.2) is 0 Å². The first-order valence-electron chi connectivity index (χ1n) is 7.87. The molecule has 8 heteroatoms. The van der Waals surface area contributed by atoms with E-state index in [9.17, 15) is 19.7 Å². The van der Waals surface area contributed by atoms with Crippen LogP contribution in [0, 0.1) is 24.0 Å². The van der Waals surface area contributed by atoms with Crippen molar-refractivity contribution in [3.05, 3.63) is 63.7 Å². The van der Waals surface area contributed by atoms with Gasteiger partial charge in [-0.2, -0.15) is 0 Å². The molecule has 0 bridgehead atoms. The average Bonchev–Trinajstić information content (AvgIpc) is 2.61. The largest absolute Gasteiger partial charge is 0.484 e. The lowest BCUT2D eigenvalue weighted by Gasteiger charge is -2.12. The number of non-ortho nitro benzene ring substituents is 1. The minimum Gasteiger partial charge on any atom is -0.484 e. The SMILES string of the molecule is Cc1cccc(C)c1NC(=O)CNC(=O)COc1ccc([N+](=O)[O-])cc1. The summed E-state index contributed by atoms with van der Waals surface area (Å²) in [6.45, 7) is 3.29. The summed E-state index contributed by atoms with van der Waals surface area (Å²) in [5.74, 6) is -0.489. The van der Waals surface area contributed by atoms with Crippen LogP contribution in [0.4, 0.5) is 11.4 Å². The zero-order valence-electron chi connectivity index (χ0n) is 14.4. The second-order valence-electron chi connectivity index (χ2n) is 5.63. The molecule has 0 aromatic heterocycles. The second-order valence-corrected chi connectivity index (χ2v) is 5.63. The lowest BCUT2D eigenvalue weighted by Crippen LogP contribution is -2.36. The van der Waals surface area contributed by atoms with Crippen LogP contribution in [-0.2, 0) is 9.59 Å². The minimum atomic E-state index is -0.523. The normalized spacial score (nSPS) is 10.1. The zero-order valence-corrected chi connectivity index (χ0v) is 14.4. The van der Waals surface area contributed by atoms with Crippen molar-refractivity contribution in [2.75, 3.05) is 18.5 Å². The van der Waals surface area contributed by atoms with Crippen LogP contribution in [0.15, 0.2) is 42.5 Å². The van der Waals surface area contributed by atoms with Crippen LogP contribution >= 0.6 is 0 Å². The smallest absolute Gasteiger partial charge is 0.269 e. The molecule has 0 fully saturated rings. The fraction of sp³-hybridized carbons (Fsp3) is 0.222. The molecule has 0 saturated carbocycles. The van der Waals surface area contributed by atoms with Crippen LogP contribution in [0.5, 0.6) is 5.75 Å². The van der Waals surface area contributed by atoms with Crippen LogP contribution in [0.1, 0.15) is 11.1 Å². The van der Waals surface area contributed by atoms with Gasteiger partial charge in [0.2, 0.25) is 5.91 Å². The van der Waals surface area contributed by atoms with E-state index >= 15 is 0 Å². The van der Waals surface area contributed by atoms with Gasteiger partial charge in [-0.3, -0.25) is 19.7 Å². The van der Waals surface area contributed by atoms with E-state index in [1.54, 1.807) is 0 Å². The minimum absolute atomic E-state index is 0.0648. The first kappa shape index (κ1) is 18.9. The van der Waals surface area contributed by atoms with Crippen LogP contribution in [-0.4, -0.2) is 29.9 Å². The third kappa shape index (κ3) is 5.30. The molecule has 0 atom stereocenters. The molecule has 0 saturated heterocycles. The Labute approximate surface area is 150 Å². The number of benzene rings is 2. The van der Waals surface area contributed by atoms with E-state index in [0.29, 0.717) is 5.75 Å². The van der Waals surface area contributed by atoms with Crippen LogP contribution in [0.2, 0.25) is 0 Å². The molecule has 136 valence electrons. The Morgan fingerprint density at radius 3 is 2.23 bits per heavy atom. The maximum atomic E-state index is 12.0. The molecule has 0 unspecified atom stereocenters. The number of nitrogens with zero attached hydrogens (tertiary/aromatic N) is 1. The molecule has 2 aromatic rings. The van der Waals surface area contributed by atoms with Gasteiger partial charge in [0, 0.05) is 17.8 Å². The summed E-state index contributed by atoms with van der Waals surface area (Å²) in [5, 5.41) is 15.8. The van der Waals surface area contributed by atoms with E-state index < -0.39 is 10.8 Å². The highest BCUT2D eigenvalue weighted by molar-refractivity contribution is 5.95. The van der Waals surface area contributed by atoms with Gasteiger partial charge in [0.15, 0.2) is 6.61 Å². The number of aryl methyl sites for hydroxylation is 2. The number of carbonyl (C=O) groups is 2. The first-order valence-corrected chi connectivity index (χ1v) is 7.87. The summed E-state index contributed by atoms with van der Waals surface area (Å²) in [4.78, 5) is 33.8. The number of amides is 2. The summed E-state index contributed by atoms with van der Waals surface area (Å²) in [6, 6.07) is 11.0. The number of hydrogen-bond acceptors (Lipinski definition) is 5. The van der Waals surface area contributed by atoms with Gasteiger partial charge in [0.25, 0.3) is 11.6 Å². The van der Waals surface area contributed by atoms with Gasteiger partial charge in [0.1, 0.15) is 5.75 Å². The van der Waals surface area contributed by atoms with Crippen LogP contribution < -0.4 is 15.4 Å². The van der Waals surface area contributed by atoms with Crippen LogP contribution in [0.25, 0.3) is 0 Å². The molecular weight excluding hydrogens is 338 g/mol. The van der Waals surface area contributed by atoms with E-state index in [1.807, 2.05) is 32.0 Å². The Hall–Kier alpha value is -3.42. The quantitative estimate of drug-likeness (QED) is 0.584. The molecule has 0 aliphatic rings. The monoisotopic (exact) mass is 357 g/mol. The molecule has 26 heavy (non-hydrogen) atoms. The molecule has 2 aromatic carbocycles. The lowest BCUT2D eigenvalue weighted by atomic mass is 10.1. The molecule has 2 N–H and O–H groups in total. The highest BCUT2D eigenvalue weighted by atomic mass is 16.6. The zero-order chi connectivity index (χ0) is 19.1. The molecule has 0 spiro atoms. The van der Waals surface area contributed by atoms with Crippen molar-refractivity contribution in [3.63, 3.8) is 0 Å². The summed E-state index contributed by atoms with van der Waals surface area (Å²) in [7, 11) is 0. The Bertz CT molecular complexity index is 798. The number of para-hydroxylation sites is 1. The van der Waals surface area contributed by atoms with Crippen molar-refractivity contribution in [3.8, 4) is 5.75 Å². The van der Waals surface area contributed by atoms with Crippen molar-refractivity contribution in [1.29, 1.82) is 0 Å². The standard InChI is InChI=1S/C18H19N3O5/c1-12-4-3-5-13(2)18(12)20-16(22)10-19-17(23)11-26-15-8-6-14(7-9-15)21(24)25/h3-9H,10-11H2,1-2H3,(H,19,23)(H,20,22). The third-order valence-corrected chi connectivity index (χ3v) is 3.61. The van der Waals surface area contributed by atoms with E-state index in [0.717, 1.165) is 16.8 Å². The Morgan fingerprint density at radius 2 is 1.65 bits per heavy atom. The number of nitro groups is 1. The van der Waals surface area contributed by atoms with E-state index in [2.05, 4.69) is 10.6 Å². The molecule has 2 amide bonds. The molecule has 8 nitrogen and oxygen atoms in total. The van der Waals surface area contributed by atoms with Gasteiger partial charge in [0.05, 0.1) is 11.5 Å². The van der Waals surface area contributed by atoms with E-state index in [-0.39, 0.29) is 24.7 Å². The highest BCUT2D eigenvalue weighted by Crippen LogP contribution is 2.19. The number of nitro benzene ring substituents is 1. The molecule has 2 rings (SSSR count). The predicted octanol–water partition coefficient (Wildman–Crippen LogP) is 2.35. The topological polar surface area (TPSA) is 111 Å². The van der Waals surface area contributed by atoms with Gasteiger partial charge >= 0.3 is 0 Å². The Balaban J connectivity index is 1.77. The van der Waals surface area contributed by atoms with Gasteiger partial charge in [-0.05, 0) is 37.1 Å². The third-order valence-electron chi connectivity index (χ3n) is 3.61. The first-order chi connectivity index (χ1) is 12.4. The average molecular weight is 357 g/mol. The molecule has 0 aliphatic heterocycles. The molecular formula is C18H19N3O5. The Morgan fingerprint density at radius 1 is 1.04 bits per heavy atom. The molecule has 0 radical (unpaired) electrons. The van der Waals surface area contributed by atoms with Crippen molar-refractivity contribution in [2.24, 2.45) is 0 Å². The molecule has 0 heterocycles. The number of anilines is 1. The summed E-state index contributed by atoms with van der Waals surface area (Å²) in [6.07, 6.45) is 0. The van der Waals surface area contributed by atoms with Crippen molar-refractivity contribution in [2.45, 2.75) is 13.8 Å². The van der Waals surface area contributed by atoms with Crippen molar-refractivity contribution < 1.29 is 19.2 Å². The highest BCUT2D eigenvalue weighted by Gasteiger charge is 2.10.